The first-order valence-corrected chi connectivity index (χ1v) is 9.09. The minimum absolute atomic E-state index is 0.115. The first kappa shape index (κ1) is 19.2. The lowest BCUT2D eigenvalue weighted by Gasteiger charge is -2.13. The van der Waals surface area contributed by atoms with E-state index in [0.29, 0.717) is 15.6 Å². The molecule has 0 radical (unpaired) electrons. The summed E-state index contributed by atoms with van der Waals surface area (Å²) in [6.07, 6.45) is 1.51. The van der Waals surface area contributed by atoms with E-state index in [0.717, 1.165) is 21.7 Å². The predicted molar refractivity (Wildman–Crippen MR) is 110 cm³/mol. The Hall–Kier alpha value is -2.56. The molecule has 0 saturated heterocycles. The van der Waals surface area contributed by atoms with Gasteiger partial charge in [-0.1, -0.05) is 41.4 Å². The predicted octanol–water partition coefficient (Wildman–Crippen LogP) is 4.99. The normalized spacial score (nSPS) is 14.1. The van der Waals surface area contributed by atoms with E-state index in [-0.39, 0.29) is 17.8 Å². The molecular formula is C21H18Cl2N2O2. The summed E-state index contributed by atoms with van der Waals surface area (Å²) in [7, 11) is 0. The fourth-order valence-electron chi connectivity index (χ4n) is 3.12. The van der Waals surface area contributed by atoms with Gasteiger partial charge in [-0.05, 0) is 49.2 Å². The molecule has 0 spiro atoms. The molecule has 0 fully saturated rings. The molecule has 0 aromatic heterocycles. The molecule has 4 nitrogen and oxygen atoms in total. The molecule has 0 unspecified atom stereocenters. The number of hydrogen-bond donors (Lipinski definition) is 1. The SMILES string of the molecule is C=CCN1C(=O)C(Nc2cc(C)cc(C)c2)=C(c2ccc(Cl)cc2Cl)C1=O. The molecule has 0 aliphatic carbocycles. The highest BCUT2D eigenvalue weighted by atomic mass is 35.5. The summed E-state index contributed by atoms with van der Waals surface area (Å²) in [5.74, 6) is -0.837. The molecule has 27 heavy (non-hydrogen) atoms. The zero-order valence-electron chi connectivity index (χ0n) is 15.0. The van der Waals surface area contributed by atoms with Crippen molar-refractivity contribution in [3.05, 3.63) is 81.5 Å². The van der Waals surface area contributed by atoms with E-state index in [2.05, 4.69) is 11.9 Å². The van der Waals surface area contributed by atoms with Crippen molar-refractivity contribution >= 4 is 46.3 Å². The van der Waals surface area contributed by atoms with Gasteiger partial charge in [-0.25, -0.2) is 0 Å². The molecule has 3 rings (SSSR count). The Kier molecular flexibility index (Phi) is 5.40. The van der Waals surface area contributed by atoms with Gasteiger partial charge in [0.2, 0.25) is 0 Å². The van der Waals surface area contributed by atoms with E-state index in [4.69, 9.17) is 23.2 Å². The lowest BCUT2D eigenvalue weighted by Crippen LogP contribution is -2.32. The molecule has 6 heteroatoms. The van der Waals surface area contributed by atoms with Crippen molar-refractivity contribution in [2.24, 2.45) is 0 Å². The number of carbonyl (C=O) groups is 2. The number of halogens is 2. The van der Waals surface area contributed by atoms with Gasteiger partial charge in [-0.3, -0.25) is 14.5 Å². The van der Waals surface area contributed by atoms with Crippen molar-refractivity contribution in [3.63, 3.8) is 0 Å². The second kappa shape index (κ2) is 7.59. The Bertz CT molecular complexity index is 975. The van der Waals surface area contributed by atoms with Crippen molar-refractivity contribution in [1.82, 2.24) is 4.90 Å². The zero-order valence-corrected chi connectivity index (χ0v) is 16.5. The van der Waals surface area contributed by atoms with Crippen LogP contribution in [-0.2, 0) is 9.59 Å². The summed E-state index contributed by atoms with van der Waals surface area (Å²) in [5, 5.41) is 3.88. The number of benzene rings is 2. The molecule has 0 atom stereocenters. The summed E-state index contributed by atoms with van der Waals surface area (Å²) < 4.78 is 0. The number of nitrogens with one attached hydrogen (secondary N) is 1. The number of rotatable bonds is 5. The highest BCUT2D eigenvalue weighted by molar-refractivity contribution is 6.41. The summed E-state index contributed by atoms with van der Waals surface area (Å²) in [4.78, 5) is 27.0. The van der Waals surface area contributed by atoms with Crippen molar-refractivity contribution < 1.29 is 9.59 Å². The lowest BCUT2D eigenvalue weighted by atomic mass is 10.0. The molecule has 2 aromatic carbocycles. The molecule has 1 N–H and O–H groups in total. The van der Waals surface area contributed by atoms with Crippen molar-refractivity contribution in [1.29, 1.82) is 0 Å². The van der Waals surface area contributed by atoms with E-state index in [1.54, 1.807) is 18.2 Å². The Morgan fingerprint density at radius 3 is 2.30 bits per heavy atom. The van der Waals surface area contributed by atoms with Crippen molar-refractivity contribution in [3.8, 4) is 0 Å². The number of anilines is 1. The molecule has 0 saturated carbocycles. The van der Waals surface area contributed by atoms with Gasteiger partial charge in [0.25, 0.3) is 11.8 Å². The zero-order chi connectivity index (χ0) is 19.7. The monoisotopic (exact) mass is 400 g/mol. The van der Waals surface area contributed by atoms with Crippen LogP contribution in [0, 0.1) is 13.8 Å². The fourth-order valence-corrected chi connectivity index (χ4v) is 3.62. The van der Waals surface area contributed by atoms with E-state index in [1.165, 1.54) is 6.08 Å². The van der Waals surface area contributed by atoms with Gasteiger partial charge in [0.1, 0.15) is 5.70 Å². The standard InChI is InChI=1S/C21H18Cl2N2O2/c1-4-7-25-20(26)18(16-6-5-14(22)11-17(16)23)19(21(25)27)24-15-9-12(2)8-13(3)10-15/h4-6,8-11,24H,1,7H2,2-3H3. The topological polar surface area (TPSA) is 49.4 Å². The second-order valence-corrected chi connectivity index (χ2v) is 7.23. The van der Waals surface area contributed by atoms with Crippen LogP contribution in [0.1, 0.15) is 16.7 Å². The molecule has 1 aliphatic rings. The molecule has 1 aliphatic heterocycles. The van der Waals surface area contributed by atoms with E-state index in [9.17, 15) is 9.59 Å². The third-order valence-electron chi connectivity index (χ3n) is 4.17. The number of nitrogens with zero attached hydrogens (tertiary/aromatic N) is 1. The quantitative estimate of drug-likeness (QED) is 0.568. The Morgan fingerprint density at radius 1 is 1.04 bits per heavy atom. The molecule has 138 valence electrons. The van der Waals surface area contributed by atoms with Crippen LogP contribution in [0.2, 0.25) is 10.0 Å². The van der Waals surface area contributed by atoms with Crippen LogP contribution < -0.4 is 5.32 Å². The molecule has 0 bridgehead atoms. The maximum absolute atomic E-state index is 12.9. The largest absolute Gasteiger partial charge is 0.350 e. The molecule has 1 heterocycles. The number of hydrogen-bond acceptors (Lipinski definition) is 3. The summed E-state index contributed by atoms with van der Waals surface area (Å²) in [6.45, 7) is 7.67. The average molecular weight is 401 g/mol. The van der Waals surface area contributed by atoms with Gasteiger partial charge in [-0.15, -0.1) is 6.58 Å². The fraction of sp³-hybridized carbons (Fsp3) is 0.143. The van der Waals surface area contributed by atoms with Crippen LogP contribution in [0.15, 0.2) is 54.8 Å². The third kappa shape index (κ3) is 3.77. The van der Waals surface area contributed by atoms with Gasteiger partial charge >= 0.3 is 0 Å². The number of aryl methyl sites for hydroxylation is 2. The molecule has 2 amide bonds. The first-order chi connectivity index (χ1) is 12.8. The molecular weight excluding hydrogens is 383 g/mol. The Labute approximate surface area is 168 Å². The maximum atomic E-state index is 12.9. The van der Waals surface area contributed by atoms with Gasteiger partial charge in [0.15, 0.2) is 0 Å². The van der Waals surface area contributed by atoms with Crippen LogP contribution in [0.25, 0.3) is 5.57 Å². The minimum Gasteiger partial charge on any atom is -0.350 e. The number of carbonyl (C=O) groups excluding carboxylic acids is 2. The number of amides is 2. The van der Waals surface area contributed by atoms with E-state index >= 15 is 0 Å². The lowest BCUT2D eigenvalue weighted by molar-refractivity contribution is -0.136. The summed E-state index contributed by atoms with van der Waals surface area (Å²) in [6, 6.07) is 10.7. The molecule has 2 aromatic rings. The van der Waals surface area contributed by atoms with Crippen LogP contribution in [0.5, 0.6) is 0 Å². The summed E-state index contributed by atoms with van der Waals surface area (Å²) in [5.41, 5.74) is 3.69. The summed E-state index contributed by atoms with van der Waals surface area (Å²) >= 11 is 12.3. The second-order valence-electron chi connectivity index (χ2n) is 6.39. The maximum Gasteiger partial charge on any atom is 0.278 e. The van der Waals surface area contributed by atoms with Crippen LogP contribution in [0.4, 0.5) is 5.69 Å². The van der Waals surface area contributed by atoms with Crippen LogP contribution in [0.3, 0.4) is 0 Å². The Balaban J connectivity index is 2.15. The van der Waals surface area contributed by atoms with Crippen LogP contribution in [-0.4, -0.2) is 23.3 Å². The third-order valence-corrected chi connectivity index (χ3v) is 4.72. The van der Waals surface area contributed by atoms with E-state index in [1.807, 2.05) is 32.0 Å². The highest BCUT2D eigenvalue weighted by Crippen LogP contribution is 2.35. The van der Waals surface area contributed by atoms with Crippen LogP contribution >= 0.6 is 23.2 Å². The smallest absolute Gasteiger partial charge is 0.278 e. The van der Waals surface area contributed by atoms with Gasteiger partial charge in [-0.2, -0.15) is 0 Å². The van der Waals surface area contributed by atoms with Gasteiger partial charge in [0, 0.05) is 22.8 Å². The van der Waals surface area contributed by atoms with E-state index < -0.39 is 11.8 Å². The number of imide groups is 1. The highest BCUT2D eigenvalue weighted by Gasteiger charge is 2.39. The first-order valence-electron chi connectivity index (χ1n) is 8.34. The van der Waals surface area contributed by atoms with Crippen molar-refractivity contribution in [2.45, 2.75) is 13.8 Å². The van der Waals surface area contributed by atoms with Gasteiger partial charge < -0.3 is 5.32 Å². The minimum atomic E-state index is -0.420. The average Bonchev–Trinajstić information content (AvgIpc) is 2.79. The van der Waals surface area contributed by atoms with Gasteiger partial charge in [0.05, 0.1) is 10.6 Å². The van der Waals surface area contributed by atoms with Crippen molar-refractivity contribution in [2.75, 3.05) is 11.9 Å². The Morgan fingerprint density at radius 2 is 1.70 bits per heavy atom.